The number of thiol groups is 1. The molecule has 4 fully saturated rings. The molecule has 10 rings (SSSR count). The van der Waals surface area contributed by atoms with Gasteiger partial charge in [0.15, 0.2) is 22.6 Å². The molecule has 3 unspecified atom stereocenters. The largest absolute Gasteiger partial charge is 0.472 e. The smallest absolute Gasteiger partial charge is 0.394 e. The fraction of sp³-hybridized carbons (Fsp3) is 0.600. The van der Waals surface area contributed by atoms with Crippen LogP contribution < -0.4 is 39.7 Å². The van der Waals surface area contributed by atoms with Crippen LogP contribution in [0.5, 0.6) is 0 Å². The second kappa shape index (κ2) is 26.6. The van der Waals surface area contributed by atoms with Gasteiger partial charge < -0.3 is 60.7 Å². The lowest BCUT2D eigenvalue weighted by atomic mass is 10.1. The van der Waals surface area contributed by atoms with E-state index in [0.29, 0.717) is 6.42 Å². The molecule has 6 aromatic rings. The molecule has 0 radical (unpaired) electrons. The quantitative estimate of drug-likeness (QED) is 0.0189. The molecule has 10 heterocycles. The number of phosphoric acid groups is 3. The fourth-order valence-electron chi connectivity index (χ4n) is 10.2. The number of hydrogen-bond acceptors (Lipinski definition) is 29. The van der Waals surface area contributed by atoms with E-state index in [2.05, 4.69) is 52.5 Å². The van der Waals surface area contributed by atoms with Crippen molar-refractivity contribution < 1.29 is 84.3 Å². The van der Waals surface area contributed by atoms with Gasteiger partial charge in [-0.05, 0) is 31.6 Å². The topological polar surface area (TPSA) is 509 Å². The molecule has 15 atom stereocenters. The van der Waals surface area contributed by atoms with Gasteiger partial charge in [-0.3, -0.25) is 65.0 Å². The lowest BCUT2D eigenvalue weighted by Crippen LogP contribution is -2.33. The van der Waals surface area contributed by atoms with Crippen molar-refractivity contribution in [3.05, 3.63) is 84.7 Å². The third-order valence-corrected chi connectivity index (χ3v) is 17.7. The number of ether oxygens (including phenoxy) is 5. The van der Waals surface area contributed by atoms with Crippen LogP contribution >= 0.6 is 36.1 Å². The first-order valence-electron chi connectivity index (χ1n) is 26.7. The van der Waals surface area contributed by atoms with Crippen LogP contribution in [0.1, 0.15) is 81.8 Å². The highest BCUT2D eigenvalue weighted by Gasteiger charge is 2.49. The fourth-order valence-corrected chi connectivity index (χ4v) is 13.3. The van der Waals surface area contributed by atoms with Crippen LogP contribution in [-0.4, -0.2) is 166 Å². The van der Waals surface area contributed by atoms with Gasteiger partial charge in [0.25, 0.3) is 11.1 Å². The number of H-pyrrole nitrogens is 2. The van der Waals surface area contributed by atoms with Crippen LogP contribution in [-0.2, 0) is 64.5 Å². The Hall–Kier alpha value is -5.70. The molecule has 0 aliphatic carbocycles. The highest BCUT2D eigenvalue weighted by molar-refractivity contribution is 7.80. The summed E-state index contributed by atoms with van der Waals surface area (Å²) in [4.78, 5) is 113. The van der Waals surface area contributed by atoms with Gasteiger partial charge in [0, 0.05) is 50.2 Å². The molecule has 0 aromatic carbocycles. The van der Waals surface area contributed by atoms with E-state index in [-0.39, 0.29) is 71.3 Å². The average molecular weight is 1290 g/mol. The molecular formula is C45H62N15O22P3S. The number of nitrogens with two attached hydrogens (primary N) is 3. The van der Waals surface area contributed by atoms with Crippen molar-refractivity contribution >= 4 is 76.0 Å². The first-order valence-corrected chi connectivity index (χ1v) is 31.8. The number of aryl methyl sites for hydroxylation is 1. The number of rotatable bonds is 27. The van der Waals surface area contributed by atoms with E-state index < -0.39 is 153 Å². The summed E-state index contributed by atoms with van der Waals surface area (Å²) in [7, 11) is -15.7. The zero-order chi connectivity index (χ0) is 61.2. The maximum absolute atomic E-state index is 14.1. The molecule has 0 saturated carbocycles. The molecule has 470 valence electrons. The van der Waals surface area contributed by atoms with E-state index in [1.165, 1.54) is 47.2 Å². The summed E-state index contributed by atoms with van der Waals surface area (Å²) in [5.74, 6) is 0.488. The van der Waals surface area contributed by atoms with Crippen LogP contribution in [0.4, 0.5) is 17.6 Å². The number of phosphoric ester groups is 3. The molecule has 37 nitrogen and oxygen atoms in total. The maximum atomic E-state index is 14.1. The third-order valence-electron chi connectivity index (χ3n) is 14.4. The van der Waals surface area contributed by atoms with Crippen molar-refractivity contribution in [1.29, 1.82) is 0 Å². The summed E-state index contributed by atoms with van der Waals surface area (Å²) in [5.41, 5.74) is 14.9. The molecule has 4 saturated heterocycles. The van der Waals surface area contributed by atoms with Gasteiger partial charge in [-0.2, -0.15) is 22.6 Å². The second-order valence-corrected chi connectivity index (χ2v) is 25.0. The van der Waals surface area contributed by atoms with Gasteiger partial charge in [-0.15, -0.1) is 0 Å². The number of aromatic amines is 2. The normalized spacial score (nSPS) is 28.1. The van der Waals surface area contributed by atoms with Crippen molar-refractivity contribution in [1.82, 2.24) is 58.1 Å². The summed E-state index contributed by atoms with van der Waals surface area (Å²) in [6.45, 7) is -1.45. The number of hydrogen-bond donors (Lipinski definition) is 10. The van der Waals surface area contributed by atoms with Crippen molar-refractivity contribution in [3.8, 4) is 0 Å². The van der Waals surface area contributed by atoms with Crippen molar-refractivity contribution in [2.24, 2.45) is 0 Å². The van der Waals surface area contributed by atoms with Gasteiger partial charge in [0.2, 0.25) is 5.95 Å². The average Bonchev–Trinajstić information content (AvgIpc) is 2.20. The first kappa shape index (κ1) is 63.3. The molecule has 12 N–H and O–H groups in total. The van der Waals surface area contributed by atoms with Gasteiger partial charge in [-0.1, -0.05) is 12.8 Å². The third kappa shape index (κ3) is 14.7. The van der Waals surface area contributed by atoms with Crippen LogP contribution in [0.3, 0.4) is 0 Å². The minimum absolute atomic E-state index is 0.00746. The Bertz CT molecular complexity index is 3800. The lowest BCUT2D eigenvalue weighted by molar-refractivity contribution is -0.0682. The molecule has 86 heavy (non-hydrogen) atoms. The summed E-state index contributed by atoms with van der Waals surface area (Å²) in [5, 5.41) is 10.1. The first-order chi connectivity index (χ1) is 41.0. The van der Waals surface area contributed by atoms with Crippen molar-refractivity contribution in [2.45, 2.75) is 132 Å². The number of nitrogens with one attached hydrogen (secondary N) is 2. The summed E-state index contributed by atoms with van der Waals surface area (Å²) >= 11 is 4.26. The highest BCUT2D eigenvalue weighted by Crippen LogP contribution is 2.54. The Morgan fingerprint density at radius 2 is 1.16 bits per heavy atom. The Labute approximate surface area is 489 Å². The van der Waals surface area contributed by atoms with Gasteiger partial charge >= 0.3 is 34.8 Å². The van der Waals surface area contributed by atoms with E-state index in [1.807, 2.05) is 0 Å². The van der Waals surface area contributed by atoms with E-state index in [4.69, 9.17) is 68.0 Å². The SMILES string of the molecule is Cc1cn([C@H]2C[C@H](OP(=O)(O)OC[C@H]3O[C@@H](n4cnc5c(=O)[nH]c(N)nc54)C[C@@H]3OCCCCCCS)[C@@H](COP(=O)(O)O[C@H]3C[C@H](n4cnc5c(N)ncnc54)O[C@@H]3COP(=O)(O)O[C@H]3C[C@H](n4ccc(N)nc4=O)O[C@@H]3CO)O2)c(=O)[nH]c1=O. The van der Waals surface area contributed by atoms with Crippen LogP contribution in [0.2, 0.25) is 0 Å². The highest BCUT2D eigenvalue weighted by atomic mass is 32.1. The van der Waals surface area contributed by atoms with Crippen molar-refractivity contribution in [3.63, 3.8) is 0 Å². The molecule has 0 spiro atoms. The molecular weight excluding hydrogens is 1230 g/mol. The van der Waals surface area contributed by atoms with Gasteiger partial charge in [0.05, 0.1) is 45.2 Å². The molecule has 41 heteroatoms. The number of nitrogen functional groups attached to an aromatic ring is 3. The molecule has 4 aliphatic rings. The Morgan fingerprint density at radius 1 is 0.640 bits per heavy atom. The summed E-state index contributed by atoms with van der Waals surface area (Å²) in [6.07, 6.45) is -6.22. The Morgan fingerprint density at radius 3 is 1.76 bits per heavy atom. The number of aliphatic hydroxyl groups is 1. The van der Waals surface area contributed by atoms with E-state index in [0.717, 1.165) is 40.5 Å². The van der Waals surface area contributed by atoms with Crippen LogP contribution in [0, 0.1) is 6.92 Å². The van der Waals surface area contributed by atoms with E-state index >= 15 is 0 Å². The second-order valence-electron chi connectivity index (χ2n) is 20.3. The number of nitrogens with zero attached hydrogens (tertiary/aromatic N) is 10. The number of fused-ring (bicyclic) bond motifs is 2. The summed E-state index contributed by atoms with van der Waals surface area (Å²) in [6, 6.07) is 1.32. The monoisotopic (exact) mass is 1290 g/mol. The standard InChI is InChI=1S/C45H62N15O22P3S/c1-22-14-58(45(65)56-41(22)62)33-12-25(81-84(68,69)73-16-28-23(72-8-4-2-3-5-9-86)10-34(77-28)60-21-52-37-40(60)54-43(48)55-42(37)63)29(78-33)17-75-85(70,71)82-26-13-35(59-20-51-36-38(47)49-19-50-39(36)59)79-30(26)18-74-83(66,67)80-24-11-32(76-27(24)15-61)57-7-6-31(46)53-44(57)64/h6-7,14,19-21,23-30,32-35,61,86H,2-5,8-13,15-18H2,1H3,(H,66,67)(H,68,69)(H,70,71)(H2,46,53,64)(H2,47,49,50)(H,56,62,65)(H3,48,54,55,63)/t23-,24-,25-,26-,27+,28+,29+,30+,32+,33+,34+,35+/m0/s1. The van der Waals surface area contributed by atoms with Crippen molar-refractivity contribution in [2.75, 3.05) is 56.0 Å². The minimum Gasteiger partial charge on any atom is -0.394 e. The van der Waals surface area contributed by atoms with Crippen LogP contribution in [0.15, 0.2) is 56.6 Å². The van der Waals surface area contributed by atoms with Crippen LogP contribution in [0.25, 0.3) is 22.3 Å². The number of imidazole rings is 2. The zero-order valence-electron chi connectivity index (χ0n) is 45.4. The minimum atomic E-state index is -5.37. The number of aliphatic hydroxyl groups excluding tert-OH is 1. The number of unbranched alkanes of at least 4 members (excludes halogenated alkanes) is 3. The molecule has 6 aromatic heterocycles. The Balaban J connectivity index is 0.837. The van der Waals surface area contributed by atoms with E-state index in [1.54, 1.807) is 0 Å². The van der Waals surface area contributed by atoms with E-state index in [9.17, 15) is 52.7 Å². The predicted octanol–water partition coefficient (Wildman–Crippen LogP) is 0.346. The molecule has 0 amide bonds. The maximum Gasteiger partial charge on any atom is 0.472 e. The Kier molecular flexibility index (Phi) is 19.6. The number of anilines is 3. The van der Waals surface area contributed by atoms with Gasteiger partial charge in [0.1, 0.15) is 85.3 Å². The molecule has 4 aliphatic heterocycles. The predicted molar refractivity (Wildman–Crippen MR) is 296 cm³/mol. The molecule has 0 bridgehead atoms. The zero-order valence-corrected chi connectivity index (χ0v) is 49.0. The number of aromatic nitrogens is 12. The summed E-state index contributed by atoms with van der Waals surface area (Å²) < 4.78 is 110. The lowest BCUT2D eigenvalue weighted by Gasteiger charge is -2.25. The van der Waals surface area contributed by atoms with Gasteiger partial charge in [-0.25, -0.2) is 43.2 Å².